The number of hydrogen-bond donors (Lipinski definition) is 1. The summed E-state index contributed by atoms with van der Waals surface area (Å²) in [6.45, 7) is 10.9. The van der Waals surface area contributed by atoms with Crippen molar-refractivity contribution in [2.24, 2.45) is 0 Å². The van der Waals surface area contributed by atoms with Gasteiger partial charge in [0.05, 0.1) is 15.9 Å². The molecule has 0 radical (unpaired) electrons. The van der Waals surface area contributed by atoms with E-state index in [2.05, 4.69) is 5.32 Å². The van der Waals surface area contributed by atoms with Gasteiger partial charge in [-0.1, -0.05) is 12.1 Å². The average molecular weight is 529 g/mol. The summed E-state index contributed by atoms with van der Waals surface area (Å²) >= 11 is 0. The van der Waals surface area contributed by atoms with Crippen LogP contribution in [-0.4, -0.2) is 45.6 Å². The largest absolute Gasteiger partial charge is 0.488 e. The number of ether oxygens (including phenoxy) is 2. The number of rotatable bonds is 7. The Hall–Kier alpha value is -4.22. The summed E-state index contributed by atoms with van der Waals surface area (Å²) in [5, 5.41) is 25.6. The van der Waals surface area contributed by atoms with E-state index < -0.39 is 50.5 Å². The van der Waals surface area contributed by atoms with Gasteiger partial charge in [0.1, 0.15) is 28.7 Å². The number of anilines is 1. The maximum atomic E-state index is 13.7. The number of nitrogens with zero attached hydrogens (tertiary/aromatic N) is 3. The van der Waals surface area contributed by atoms with Crippen molar-refractivity contribution in [2.75, 3.05) is 11.4 Å². The van der Waals surface area contributed by atoms with E-state index in [1.165, 1.54) is 11.0 Å². The predicted molar refractivity (Wildman–Crippen MR) is 139 cm³/mol. The van der Waals surface area contributed by atoms with Gasteiger partial charge in [-0.05, 0) is 71.2 Å². The molecule has 0 aromatic heterocycles. The molecule has 1 N–H and O–H groups in total. The van der Waals surface area contributed by atoms with Crippen LogP contribution in [0.3, 0.4) is 0 Å². The molecule has 0 saturated carbocycles. The first-order valence-electron chi connectivity index (χ1n) is 12.1. The summed E-state index contributed by atoms with van der Waals surface area (Å²) in [5.74, 6) is 0.0384. The molecule has 1 aliphatic rings. The van der Waals surface area contributed by atoms with Gasteiger partial charge in [0.2, 0.25) is 5.91 Å². The number of alkyl carbamates (subject to hydrolysis) is 1. The van der Waals surface area contributed by atoms with E-state index in [4.69, 9.17) is 9.47 Å². The highest BCUT2D eigenvalue weighted by molar-refractivity contribution is 6.02. The molecule has 0 spiro atoms. The molecule has 0 aliphatic carbocycles. The molecule has 2 aromatic rings. The molecule has 3 rings (SSSR count). The molecule has 2 amide bonds. The lowest BCUT2D eigenvalue weighted by molar-refractivity contribution is -0.393. The molecule has 204 valence electrons. The number of hydrogen-bond acceptors (Lipinski definition) is 8. The monoisotopic (exact) mass is 528 g/mol. The van der Waals surface area contributed by atoms with Crippen molar-refractivity contribution in [3.05, 3.63) is 67.8 Å². The molecule has 38 heavy (non-hydrogen) atoms. The number of non-ortho nitro benzene ring substituents is 1. The van der Waals surface area contributed by atoms with Gasteiger partial charge in [-0.3, -0.25) is 25.0 Å². The Morgan fingerprint density at radius 1 is 1.00 bits per heavy atom. The lowest BCUT2D eigenvalue weighted by Gasteiger charge is -2.27. The van der Waals surface area contributed by atoms with Crippen LogP contribution in [-0.2, 0) is 22.4 Å². The van der Waals surface area contributed by atoms with Crippen LogP contribution >= 0.6 is 0 Å². The van der Waals surface area contributed by atoms with E-state index >= 15 is 0 Å². The van der Waals surface area contributed by atoms with E-state index in [0.29, 0.717) is 16.9 Å². The fourth-order valence-corrected chi connectivity index (χ4v) is 4.09. The normalized spacial score (nSPS) is 13.9. The predicted octanol–water partition coefficient (Wildman–Crippen LogP) is 4.71. The molecule has 12 heteroatoms. The highest BCUT2D eigenvalue weighted by Gasteiger charge is 2.38. The number of nitrogens with one attached hydrogen (secondary N) is 1. The molecular weight excluding hydrogens is 496 g/mol. The van der Waals surface area contributed by atoms with E-state index in [1.807, 2.05) is 20.8 Å². The summed E-state index contributed by atoms with van der Waals surface area (Å²) in [6.07, 6.45) is -0.552. The van der Waals surface area contributed by atoms with Gasteiger partial charge in [-0.15, -0.1) is 0 Å². The number of nitro groups is 2. The van der Waals surface area contributed by atoms with Crippen LogP contribution in [0.1, 0.15) is 52.7 Å². The third kappa shape index (κ3) is 7.17. The molecular formula is C26H32N4O8. The Balaban J connectivity index is 1.94. The van der Waals surface area contributed by atoms with Crippen LogP contribution in [0.15, 0.2) is 36.4 Å². The minimum Gasteiger partial charge on any atom is -0.488 e. The Labute approximate surface area is 220 Å². The number of benzene rings is 2. The summed E-state index contributed by atoms with van der Waals surface area (Å²) in [4.78, 5) is 49.1. The lowest BCUT2D eigenvalue weighted by atomic mass is 10.0. The zero-order chi connectivity index (χ0) is 28.4. The van der Waals surface area contributed by atoms with Gasteiger partial charge in [0, 0.05) is 19.0 Å². The van der Waals surface area contributed by atoms with Crippen molar-refractivity contribution >= 4 is 29.1 Å². The van der Waals surface area contributed by atoms with Gasteiger partial charge in [0.15, 0.2) is 0 Å². The number of amides is 2. The van der Waals surface area contributed by atoms with Crippen LogP contribution in [0, 0.1) is 20.2 Å². The highest BCUT2D eigenvalue weighted by Crippen LogP contribution is 2.40. The third-order valence-electron chi connectivity index (χ3n) is 5.48. The van der Waals surface area contributed by atoms with Gasteiger partial charge in [-0.25, -0.2) is 4.79 Å². The summed E-state index contributed by atoms with van der Waals surface area (Å²) < 4.78 is 11.2. The zero-order valence-electron chi connectivity index (χ0n) is 22.3. The van der Waals surface area contributed by atoms with E-state index in [-0.39, 0.29) is 25.1 Å². The first-order chi connectivity index (χ1) is 17.5. The molecule has 0 fully saturated rings. The Morgan fingerprint density at radius 3 is 2.16 bits per heavy atom. The van der Waals surface area contributed by atoms with Crippen molar-refractivity contribution < 1.29 is 28.9 Å². The second-order valence-electron chi connectivity index (χ2n) is 11.0. The van der Waals surface area contributed by atoms with Crippen LogP contribution in [0.25, 0.3) is 0 Å². The van der Waals surface area contributed by atoms with Crippen molar-refractivity contribution in [2.45, 2.75) is 71.6 Å². The van der Waals surface area contributed by atoms with Crippen molar-refractivity contribution in [1.29, 1.82) is 0 Å². The first-order valence-corrected chi connectivity index (χ1v) is 12.1. The molecule has 1 atom stereocenters. The number of carbonyl (C=O) groups is 2. The Kier molecular flexibility index (Phi) is 7.94. The molecule has 0 saturated heterocycles. The zero-order valence-corrected chi connectivity index (χ0v) is 22.3. The fourth-order valence-electron chi connectivity index (χ4n) is 4.09. The highest BCUT2D eigenvalue weighted by atomic mass is 16.6. The summed E-state index contributed by atoms with van der Waals surface area (Å²) in [6, 6.07) is 7.99. The number of nitro benzene ring substituents is 2. The number of fused-ring (bicyclic) bond motifs is 1. The van der Waals surface area contributed by atoms with Gasteiger partial charge < -0.3 is 19.7 Å². The first kappa shape index (κ1) is 28.4. The SMILES string of the molecule is CC(C)(C)OC(=O)N[C@@H](Cc1ccc(OC(C)(C)C)cc1)C(=O)N1CCc2cc([N+](=O)[O-])cc([N+](=O)[O-])c21. The maximum absolute atomic E-state index is 13.7. The standard InChI is InChI=1S/C26H32N4O8/c1-25(2,3)37-19-9-7-16(8-10-19)13-20(27-24(32)38-26(4,5)6)23(31)28-12-11-17-14-18(29(33)34)15-21(22(17)28)30(35)36/h7-10,14-15,20H,11-13H2,1-6H3,(H,27,32)/t20-/m0/s1. The van der Waals surface area contributed by atoms with Crippen molar-refractivity contribution in [1.82, 2.24) is 5.32 Å². The smallest absolute Gasteiger partial charge is 0.408 e. The molecule has 2 aromatic carbocycles. The van der Waals surface area contributed by atoms with E-state index in [9.17, 15) is 29.8 Å². The van der Waals surface area contributed by atoms with Crippen LogP contribution < -0.4 is 15.0 Å². The molecule has 1 heterocycles. The quantitative estimate of drug-likeness (QED) is 0.400. The maximum Gasteiger partial charge on any atom is 0.408 e. The van der Waals surface area contributed by atoms with Gasteiger partial charge >= 0.3 is 6.09 Å². The lowest BCUT2D eigenvalue weighted by Crippen LogP contribution is -2.50. The minimum absolute atomic E-state index is 0.00415. The van der Waals surface area contributed by atoms with E-state index in [0.717, 1.165) is 6.07 Å². The average Bonchev–Trinajstić information content (AvgIpc) is 3.20. The Bertz CT molecular complexity index is 1250. The fraction of sp³-hybridized carbons (Fsp3) is 0.462. The van der Waals surface area contributed by atoms with E-state index in [1.54, 1.807) is 45.0 Å². The van der Waals surface area contributed by atoms with Crippen LogP contribution in [0.2, 0.25) is 0 Å². The summed E-state index contributed by atoms with van der Waals surface area (Å²) in [7, 11) is 0. The molecule has 0 unspecified atom stereocenters. The summed E-state index contributed by atoms with van der Waals surface area (Å²) in [5.41, 5.74) is -1.16. The second-order valence-corrected chi connectivity index (χ2v) is 11.0. The Morgan fingerprint density at radius 2 is 1.63 bits per heavy atom. The van der Waals surface area contributed by atoms with Gasteiger partial charge in [-0.2, -0.15) is 0 Å². The number of carbonyl (C=O) groups excluding carboxylic acids is 2. The third-order valence-corrected chi connectivity index (χ3v) is 5.48. The van der Waals surface area contributed by atoms with Gasteiger partial charge in [0.25, 0.3) is 11.4 Å². The van der Waals surface area contributed by atoms with Crippen molar-refractivity contribution in [3.63, 3.8) is 0 Å². The molecule has 12 nitrogen and oxygen atoms in total. The topological polar surface area (TPSA) is 154 Å². The van der Waals surface area contributed by atoms with Crippen molar-refractivity contribution in [3.8, 4) is 5.75 Å². The minimum atomic E-state index is -1.13. The second kappa shape index (κ2) is 10.6. The van der Waals surface area contributed by atoms with Crippen LogP contribution in [0.4, 0.5) is 21.9 Å². The van der Waals surface area contributed by atoms with Crippen LogP contribution in [0.5, 0.6) is 5.75 Å². The molecule has 0 bridgehead atoms. The molecule has 1 aliphatic heterocycles.